The van der Waals surface area contributed by atoms with Gasteiger partial charge in [0, 0.05) is 37.5 Å². The Morgan fingerprint density at radius 2 is 1.96 bits per heavy atom. The van der Waals surface area contributed by atoms with Crippen LogP contribution in [-0.2, 0) is 11.3 Å². The van der Waals surface area contributed by atoms with Gasteiger partial charge in [-0.2, -0.15) is 0 Å². The molecule has 1 aromatic rings. The van der Waals surface area contributed by atoms with Gasteiger partial charge in [0.25, 0.3) is 5.69 Å². The Balaban J connectivity index is 0.00000196. The third-order valence-corrected chi connectivity index (χ3v) is 5.67. The van der Waals surface area contributed by atoms with E-state index in [1.54, 1.807) is 12.1 Å². The van der Waals surface area contributed by atoms with Crippen molar-refractivity contribution in [1.29, 1.82) is 0 Å². The van der Waals surface area contributed by atoms with E-state index >= 15 is 0 Å². The molecular formula is C18H25IN4O3. The molecule has 0 spiro atoms. The Hall–Kier alpha value is -1.42. The van der Waals surface area contributed by atoms with Crippen molar-refractivity contribution in [2.45, 2.75) is 38.5 Å². The van der Waals surface area contributed by atoms with Crippen molar-refractivity contribution in [3.05, 3.63) is 39.9 Å². The number of ether oxygens (including phenoxy) is 1. The summed E-state index contributed by atoms with van der Waals surface area (Å²) in [6.45, 7) is 5.08. The molecule has 26 heavy (non-hydrogen) atoms. The lowest BCUT2D eigenvalue weighted by molar-refractivity contribution is -0.385. The second-order valence-corrected chi connectivity index (χ2v) is 7.08. The number of nitro groups is 1. The summed E-state index contributed by atoms with van der Waals surface area (Å²) in [5.74, 6) is 2.07. The number of aliphatic imine (C=N–C) groups is 1. The highest BCUT2D eigenvalue weighted by molar-refractivity contribution is 14.0. The molecule has 3 heterocycles. The monoisotopic (exact) mass is 472 g/mol. The highest BCUT2D eigenvalue weighted by Gasteiger charge is 2.53. The summed E-state index contributed by atoms with van der Waals surface area (Å²) >= 11 is 0. The number of nitrogens with one attached hydrogen (secondary N) is 1. The summed E-state index contributed by atoms with van der Waals surface area (Å²) in [6, 6.07) is 6.82. The zero-order chi connectivity index (χ0) is 17.4. The largest absolute Gasteiger partial charge is 0.374 e. The molecule has 3 fully saturated rings. The molecule has 3 aliphatic rings. The minimum Gasteiger partial charge on any atom is -0.374 e. The number of halogens is 1. The van der Waals surface area contributed by atoms with E-state index in [4.69, 9.17) is 9.73 Å². The van der Waals surface area contributed by atoms with Crippen molar-refractivity contribution in [2.75, 3.05) is 19.6 Å². The van der Waals surface area contributed by atoms with Crippen molar-refractivity contribution < 1.29 is 9.66 Å². The van der Waals surface area contributed by atoms with E-state index in [2.05, 4.69) is 10.2 Å². The van der Waals surface area contributed by atoms with E-state index in [1.165, 1.54) is 18.9 Å². The summed E-state index contributed by atoms with van der Waals surface area (Å²) in [6.07, 6.45) is 3.20. The number of likely N-dealkylation sites (tertiary alicyclic amines) is 1. The molecule has 4 rings (SSSR count). The van der Waals surface area contributed by atoms with Crippen LogP contribution in [0.2, 0.25) is 0 Å². The SMILES string of the molecule is CCNC(=NCc1ccccc1[N+](=O)[O-])N1CC2C3CCC(O3)C2C1.I. The first-order chi connectivity index (χ1) is 12.2. The highest BCUT2D eigenvalue weighted by atomic mass is 127. The van der Waals surface area contributed by atoms with Gasteiger partial charge in [0.15, 0.2) is 5.96 Å². The minimum atomic E-state index is -0.340. The lowest BCUT2D eigenvalue weighted by Gasteiger charge is -2.23. The molecule has 1 aromatic carbocycles. The van der Waals surface area contributed by atoms with Gasteiger partial charge >= 0.3 is 0 Å². The van der Waals surface area contributed by atoms with Crippen molar-refractivity contribution in [3.8, 4) is 0 Å². The summed E-state index contributed by atoms with van der Waals surface area (Å²) < 4.78 is 6.04. The van der Waals surface area contributed by atoms with Gasteiger partial charge < -0.3 is 15.0 Å². The number of guanidine groups is 1. The molecule has 142 valence electrons. The first-order valence-electron chi connectivity index (χ1n) is 9.08. The first kappa shape index (κ1) is 19.3. The summed E-state index contributed by atoms with van der Waals surface area (Å²) in [5, 5.41) is 14.5. The third kappa shape index (κ3) is 3.53. The van der Waals surface area contributed by atoms with Crippen molar-refractivity contribution in [3.63, 3.8) is 0 Å². The van der Waals surface area contributed by atoms with Crippen LogP contribution in [0.25, 0.3) is 0 Å². The number of para-hydroxylation sites is 1. The van der Waals surface area contributed by atoms with E-state index < -0.39 is 0 Å². The molecule has 3 saturated heterocycles. The standard InChI is InChI=1S/C18H24N4O3.HI/c1-2-19-18(20-9-12-5-3-4-6-15(12)22(23)24)21-10-13-14(11-21)17-8-7-16(13)25-17;/h3-6,13-14,16-17H,2,7-11H2,1H3,(H,19,20);1H. The number of rotatable bonds is 4. The lowest BCUT2D eigenvalue weighted by atomic mass is 9.82. The Morgan fingerprint density at radius 3 is 2.58 bits per heavy atom. The molecule has 0 aromatic heterocycles. The number of hydrogen-bond donors (Lipinski definition) is 1. The van der Waals surface area contributed by atoms with Crippen LogP contribution in [-0.4, -0.2) is 47.6 Å². The van der Waals surface area contributed by atoms with Crippen molar-refractivity contribution in [2.24, 2.45) is 16.8 Å². The molecule has 0 aliphatic carbocycles. The number of nitrogens with zero attached hydrogens (tertiary/aromatic N) is 3. The van der Waals surface area contributed by atoms with Gasteiger partial charge in [0.2, 0.25) is 0 Å². The number of benzene rings is 1. The zero-order valence-corrected chi connectivity index (χ0v) is 17.2. The second kappa shape index (κ2) is 8.08. The van der Waals surface area contributed by atoms with Crippen LogP contribution in [0.3, 0.4) is 0 Å². The van der Waals surface area contributed by atoms with Crippen molar-refractivity contribution in [1.82, 2.24) is 10.2 Å². The predicted octanol–water partition coefficient (Wildman–Crippen LogP) is 2.79. The van der Waals surface area contributed by atoms with E-state index in [9.17, 15) is 10.1 Å². The van der Waals surface area contributed by atoms with Crippen LogP contribution in [0.1, 0.15) is 25.3 Å². The molecule has 1 N–H and O–H groups in total. The quantitative estimate of drug-likeness (QED) is 0.240. The molecule has 4 atom stereocenters. The topological polar surface area (TPSA) is 80.0 Å². The van der Waals surface area contributed by atoms with Crippen LogP contribution >= 0.6 is 24.0 Å². The number of nitro benzene ring substituents is 1. The third-order valence-electron chi connectivity index (χ3n) is 5.67. The normalized spacial score (nSPS) is 29.4. The van der Waals surface area contributed by atoms with Gasteiger partial charge in [-0.15, -0.1) is 24.0 Å². The van der Waals surface area contributed by atoms with E-state index in [0.29, 0.717) is 36.2 Å². The fraction of sp³-hybridized carbons (Fsp3) is 0.611. The van der Waals surface area contributed by atoms with Gasteiger partial charge in [-0.05, 0) is 19.8 Å². The Kier molecular flexibility index (Phi) is 6.01. The Bertz CT molecular complexity index is 681. The lowest BCUT2D eigenvalue weighted by Crippen LogP contribution is -2.41. The smallest absolute Gasteiger partial charge is 0.274 e. The summed E-state index contributed by atoms with van der Waals surface area (Å²) in [4.78, 5) is 17.8. The van der Waals surface area contributed by atoms with Gasteiger partial charge in [-0.25, -0.2) is 4.99 Å². The van der Waals surface area contributed by atoms with Gasteiger partial charge in [0.05, 0.1) is 29.2 Å². The molecule has 0 radical (unpaired) electrons. The van der Waals surface area contributed by atoms with Gasteiger partial charge in [-0.1, -0.05) is 18.2 Å². The molecule has 8 heteroatoms. The predicted molar refractivity (Wildman–Crippen MR) is 110 cm³/mol. The van der Waals surface area contributed by atoms with Crippen LogP contribution in [0, 0.1) is 22.0 Å². The fourth-order valence-electron chi connectivity index (χ4n) is 4.54. The average molecular weight is 472 g/mol. The maximum atomic E-state index is 11.2. The van der Waals surface area contributed by atoms with E-state index in [0.717, 1.165) is 25.6 Å². The molecule has 0 saturated carbocycles. The summed E-state index contributed by atoms with van der Waals surface area (Å²) in [7, 11) is 0. The fourth-order valence-corrected chi connectivity index (χ4v) is 4.54. The molecular weight excluding hydrogens is 447 g/mol. The maximum Gasteiger partial charge on any atom is 0.274 e. The first-order valence-corrected chi connectivity index (χ1v) is 9.08. The van der Waals surface area contributed by atoms with Crippen LogP contribution < -0.4 is 5.32 Å². The molecule has 2 bridgehead atoms. The number of fused-ring (bicyclic) bond motifs is 5. The van der Waals surface area contributed by atoms with Crippen LogP contribution in [0.4, 0.5) is 5.69 Å². The Labute approximate surface area is 170 Å². The molecule has 3 aliphatic heterocycles. The van der Waals surface area contributed by atoms with Gasteiger partial charge in [0.1, 0.15) is 0 Å². The average Bonchev–Trinajstić information content (AvgIpc) is 3.31. The summed E-state index contributed by atoms with van der Waals surface area (Å²) in [5.41, 5.74) is 0.775. The van der Waals surface area contributed by atoms with Crippen LogP contribution in [0.15, 0.2) is 29.3 Å². The Morgan fingerprint density at radius 1 is 1.31 bits per heavy atom. The van der Waals surface area contributed by atoms with E-state index in [1.807, 2.05) is 13.0 Å². The molecule has 4 unspecified atom stereocenters. The minimum absolute atomic E-state index is 0. The number of hydrogen-bond acceptors (Lipinski definition) is 4. The zero-order valence-electron chi connectivity index (χ0n) is 14.8. The molecule has 7 nitrogen and oxygen atoms in total. The van der Waals surface area contributed by atoms with Crippen molar-refractivity contribution >= 4 is 35.6 Å². The van der Waals surface area contributed by atoms with Gasteiger partial charge in [-0.3, -0.25) is 10.1 Å². The maximum absolute atomic E-state index is 11.2. The van der Waals surface area contributed by atoms with Crippen LogP contribution in [0.5, 0.6) is 0 Å². The van der Waals surface area contributed by atoms with E-state index in [-0.39, 0.29) is 34.6 Å². The molecule has 0 amide bonds. The second-order valence-electron chi connectivity index (χ2n) is 7.08. The highest BCUT2D eigenvalue weighted by Crippen LogP contribution is 2.47.